The van der Waals surface area contributed by atoms with Gasteiger partial charge in [-0.05, 0) is 26.0 Å². The zero-order valence-electron chi connectivity index (χ0n) is 11.0. The van der Waals surface area contributed by atoms with Gasteiger partial charge in [0.15, 0.2) is 11.9 Å². The third-order valence-corrected chi connectivity index (χ3v) is 3.13. The first kappa shape index (κ1) is 15.3. The van der Waals surface area contributed by atoms with Crippen LogP contribution in [0.15, 0.2) is 41.6 Å². The second-order valence-electron chi connectivity index (χ2n) is 4.14. The second-order valence-corrected chi connectivity index (χ2v) is 5.52. The molecule has 0 bridgehead atoms. The maximum Gasteiger partial charge on any atom is 0.194 e. The van der Waals surface area contributed by atoms with Crippen LogP contribution in [0.25, 0.3) is 0 Å². The average molecular weight is 280 g/mol. The van der Waals surface area contributed by atoms with Crippen molar-refractivity contribution in [3.05, 3.63) is 53.6 Å². The molecule has 0 atom stereocenters. The van der Waals surface area contributed by atoms with Crippen molar-refractivity contribution >= 4 is 10.1 Å². The molecule has 0 radical (unpaired) electrons. The third kappa shape index (κ3) is 5.58. The molecule has 1 aromatic carbocycles. The molecule has 0 saturated heterocycles. The maximum atomic E-state index is 10.4. The van der Waals surface area contributed by atoms with Crippen molar-refractivity contribution in [2.75, 3.05) is 0 Å². The van der Waals surface area contributed by atoms with Gasteiger partial charge >= 0.3 is 0 Å². The molecule has 0 aliphatic heterocycles. The molecule has 0 amide bonds. The van der Waals surface area contributed by atoms with Crippen LogP contribution in [0.2, 0.25) is 0 Å². The van der Waals surface area contributed by atoms with Gasteiger partial charge in [0.2, 0.25) is 0 Å². The molecule has 19 heavy (non-hydrogen) atoms. The van der Waals surface area contributed by atoms with Crippen molar-refractivity contribution < 1.29 is 18.0 Å². The largest absolute Gasteiger partial charge is 0.744 e. The van der Waals surface area contributed by atoms with Gasteiger partial charge in [-0.1, -0.05) is 17.7 Å². The first-order valence-electron chi connectivity index (χ1n) is 5.62. The molecule has 1 heterocycles. The standard InChI is InChI=1S/C7H8O3S.C6H8N2/c1-6-2-4-7(5-3-6)11(8,9)10;1-5-3-8-6(2)4-7-5/h2-5H,1H3,(H,8,9,10);3-4H,1-2H3. The molecule has 2 aromatic rings. The van der Waals surface area contributed by atoms with Gasteiger partial charge < -0.3 is 4.55 Å². The Hall–Kier alpha value is -1.79. The summed E-state index contributed by atoms with van der Waals surface area (Å²) in [6.07, 6.45) is 3.70. The minimum Gasteiger partial charge on any atom is -0.744 e. The van der Waals surface area contributed by atoms with Gasteiger partial charge in [0.1, 0.15) is 15.8 Å². The van der Waals surface area contributed by atoms with E-state index in [1.165, 1.54) is 12.1 Å². The van der Waals surface area contributed by atoms with Gasteiger partial charge in [-0.2, -0.15) is 0 Å². The van der Waals surface area contributed by atoms with Crippen LogP contribution in [0.4, 0.5) is 0 Å². The number of rotatable bonds is 1. The Balaban J connectivity index is 0.000000200. The minimum atomic E-state index is -4.27. The number of hydrogen-bond acceptors (Lipinski definition) is 4. The first-order valence-corrected chi connectivity index (χ1v) is 7.03. The molecule has 0 unspecified atom stereocenters. The van der Waals surface area contributed by atoms with Crippen LogP contribution in [-0.2, 0) is 10.1 Å². The number of aromatic amines is 1. The van der Waals surface area contributed by atoms with Crippen LogP contribution in [0.1, 0.15) is 17.0 Å². The number of benzene rings is 1. The summed E-state index contributed by atoms with van der Waals surface area (Å²) in [7, 11) is -4.27. The van der Waals surface area contributed by atoms with Crippen molar-refractivity contribution in [2.45, 2.75) is 25.7 Å². The molecule has 1 N–H and O–H groups in total. The molecular weight excluding hydrogens is 264 g/mol. The van der Waals surface area contributed by atoms with Crippen LogP contribution >= 0.6 is 0 Å². The van der Waals surface area contributed by atoms with Gasteiger partial charge in [0.25, 0.3) is 0 Å². The number of nitrogens with one attached hydrogen (secondary N) is 1. The molecule has 0 fully saturated rings. The molecule has 0 aliphatic rings. The molecule has 2 rings (SSSR count). The SMILES string of the molecule is Cc1c[nH+]c(C)cn1.Cc1ccc(S(=O)(=O)[O-])cc1. The lowest BCUT2D eigenvalue weighted by Gasteiger charge is -2.05. The average Bonchev–Trinajstić information content (AvgIpc) is 2.33. The Morgan fingerprint density at radius 1 is 1.11 bits per heavy atom. The predicted octanol–water partition coefficient (Wildman–Crippen LogP) is 1.41. The third-order valence-electron chi connectivity index (χ3n) is 2.28. The van der Waals surface area contributed by atoms with E-state index in [2.05, 4.69) is 9.97 Å². The lowest BCUT2D eigenvalue weighted by molar-refractivity contribution is -0.389. The van der Waals surface area contributed by atoms with Crippen molar-refractivity contribution in [1.29, 1.82) is 0 Å². The van der Waals surface area contributed by atoms with Crippen LogP contribution in [0.3, 0.4) is 0 Å². The summed E-state index contributed by atoms with van der Waals surface area (Å²) < 4.78 is 31.2. The van der Waals surface area contributed by atoms with E-state index >= 15 is 0 Å². The Labute approximate surface area is 113 Å². The maximum absolute atomic E-state index is 10.4. The van der Waals surface area contributed by atoms with Crippen molar-refractivity contribution in [1.82, 2.24) is 4.98 Å². The fourth-order valence-corrected chi connectivity index (χ4v) is 1.67. The summed E-state index contributed by atoms with van der Waals surface area (Å²) in [5.74, 6) is 0. The first-order chi connectivity index (χ1) is 8.79. The Bertz CT molecular complexity index is 599. The Morgan fingerprint density at radius 3 is 2.05 bits per heavy atom. The van der Waals surface area contributed by atoms with Crippen LogP contribution in [0.5, 0.6) is 0 Å². The summed E-state index contributed by atoms with van der Waals surface area (Å²) >= 11 is 0. The van der Waals surface area contributed by atoms with Crippen LogP contribution in [0, 0.1) is 20.8 Å². The zero-order valence-corrected chi connectivity index (χ0v) is 11.9. The molecular formula is C13H16N2O3S. The number of aromatic nitrogens is 2. The smallest absolute Gasteiger partial charge is 0.194 e. The van der Waals surface area contributed by atoms with E-state index in [9.17, 15) is 13.0 Å². The summed E-state index contributed by atoms with van der Waals surface area (Å²) in [6, 6.07) is 5.78. The predicted molar refractivity (Wildman–Crippen MR) is 69.4 cm³/mol. The van der Waals surface area contributed by atoms with E-state index in [1.54, 1.807) is 12.1 Å². The molecule has 0 spiro atoms. The van der Waals surface area contributed by atoms with Crippen molar-refractivity contribution in [3.63, 3.8) is 0 Å². The van der Waals surface area contributed by atoms with Gasteiger partial charge in [0.05, 0.1) is 11.1 Å². The molecule has 6 heteroatoms. The van der Waals surface area contributed by atoms with Gasteiger partial charge in [-0.3, -0.25) is 0 Å². The number of nitrogens with zero attached hydrogens (tertiary/aromatic N) is 1. The number of hydrogen-bond donors (Lipinski definition) is 0. The summed E-state index contributed by atoms with van der Waals surface area (Å²) in [5, 5.41) is 0. The van der Waals surface area contributed by atoms with E-state index in [0.717, 1.165) is 17.0 Å². The van der Waals surface area contributed by atoms with E-state index in [-0.39, 0.29) is 4.90 Å². The molecule has 5 nitrogen and oxygen atoms in total. The van der Waals surface area contributed by atoms with Crippen LogP contribution < -0.4 is 4.98 Å². The van der Waals surface area contributed by atoms with E-state index in [0.29, 0.717) is 0 Å². The van der Waals surface area contributed by atoms with Gasteiger partial charge in [0, 0.05) is 6.92 Å². The lowest BCUT2D eigenvalue weighted by Crippen LogP contribution is -2.07. The normalized spacial score (nSPS) is 10.5. The number of H-pyrrole nitrogens is 1. The van der Waals surface area contributed by atoms with E-state index in [1.807, 2.05) is 33.2 Å². The van der Waals surface area contributed by atoms with Gasteiger partial charge in [-0.15, -0.1) is 0 Å². The zero-order chi connectivity index (χ0) is 14.5. The van der Waals surface area contributed by atoms with Gasteiger partial charge in [-0.25, -0.2) is 18.4 Å². The summed E-state index contributed by atoms with van der Waals surface area (Å²) in [5.41, 5.74) is 3.05. The molecule has 1 aromatic heterocycles. The monoisotopic (exact) mass is 280 g/mol. The Kier molecular flexibility index (Phi) is 5.14. The molecule has 102 valence electrons. The Morgan fingerprint density at radius 2 is 1.68 bits per heavy atom. The highest BCUT2D eigenvalue weighted by molar-refractivity contribution is 7.85. The fourth-order valence-electron chi connectivity index (χ4n) is 1.20. The highest BCUT2D eigenvalue weighted by atomic mass is 32.2. The fraction of sp³-hybridized carbons (Fsp3) is 0.231. The lowest BCUT2D eigenvalue weighted by atomic mass is 10.2. The topological polar surface area (TPSA) is 84.2 Å². The summed E-state index contributed by atoms with van der Waals surface area (Å²) in [6.45, 7) is 5.75. The van der Waals surface area contributed by atoms with Crippen LogP contribution in [-0.4, -0.2) is 18.0 Å². The second kappa shape index (κ2) is 6.40. The highest BCUT2D eigenvalue weighted by Crippen LogP contribution is 2.08. The minimum absolute atomic E-state index is 0.178. The van der Waals surface area contributed by atoms with E-state index < -0.39 is 10.1 Å². The molecule has 0 aliphatic carbocycles. The number of aryl methyl sites for hydroxylation is 3. The van der Waals surface area contributed by atoms with Crippen molar-refractivity contribution in [2.24, 2.45) is 0 Å². The van der Waals surface area contributed by atoms with Crippen molar-refractivity contribution in [3.8, 4) is 0 Å². The quantitative estimate of drug-likeness (QED) is 0.739. The van der Waals surface area contributed by atoms with E-state index in [4.69, 9.17) is 0 Å². The molecule has 0 saturated carbocycles. The highest BCUT2D eigenvalue weighted by Gasteiger charge is 1.97. The summed E-state index contributed by atoms with van der Waals surface area (Å²) in [4.78, 5) is 6.91.